The number of carbonyl (C=O) groups is 3. The number of nitrogens with one attached hydrogen (secondary N) is 1. The van der Waals surface area contributed by atoms with E-state index >= 15 is 0 Å². The van der Waals surface area contributed by atoms with Crippen LogP contribution in [0.3, 0.4) is 0 Å². The van der Waals surface area contributed by atoms with Gasteiger partial charge in [-0.15, -0.1) is 0 Å². The molecule has 0 spiro atoms. The second kappa shape index (κ2) is 8.95. The Kier molecular flexibility index (Phi) is 6.33. The monoisotopic (exact) mass is 425 g/mol. The molecule has 31 heavy (non-hydrogen) atoms. The van der Waals surface area contributed by atoms with E-state index in [1.54, 1.807) is 11.8 Å². The van der Waals surface area contributed by atoms with Crippen molar-refractivity contribution in [2.45, 2.75) is 27.2 Å². The predicted octanol–water partition coefficient (Wildman–Crippen LogP) is 3.05. The number of hydrogen-bond donors (Lipinski definition) is 1. The van der Waals surface area contributed by atoms with E-state index in [0.717, 1.165) is 16.8 Å². The highest BCUT2D eigenvalue weighted by molar-refractivity contribution is 6.01. The van der Waals surface area contributed by atoms with E-state index in [9.17, 15) is 24.5 Å². The highest BCUT2D eigenvalue weighted by Gasteiger charge is 2.37. The summed E-state index contributed by atoms with van der Waals surface area (Å²) in [5, 5.41) is 13.5. The van der Waals surface area contributed by atoms with E-state index in [1.165, 1.54) is 18.2 Å². The Balaban J connectivity index is 1.58. The first-order valence-electron chi connectivity index (χ1n) is 9.75. The van der Waals surface area contributed by atoms with Gasteiger partial charge in [-0.1, -0.05) is 24.3 Å². The summed E-state index contributed by atoms with van der Waals surface area (Å²) in [5.41, 5.74) is 3.25. The molecule has 2 amide bonds. The summed E-state index contributed by atoms with van der Waals surface area (Å²) in [5.74, 6) is -2.09. The number of benzene rings is 2. The van der Waals surface area contributed by atoms with Crippen LogP contribution in [0.2, 0.25) is 0 Å². The van der Waals surface area contributed by atoms with Gasteiger partial charge in [0.15, 0.2) is 6.61 Å². The highest BCUT2D eigenvalue weighted by atomic mass is 16.6. The van der Waals surface area contributed by atoms with Crippen molar-refractivity contribution in [1.82, 2.24) is 0 Å². The van der Waals surface area contributed by atoms with Crippen molar-refractivity contribution in [2.75, 3.05) is 23.4 Å². The Hall–Kier alpha value is -3.75. The summed E-state index contributed by atoms with van der Waals surface area (Å²) in [4.78, 5) is 49.0. The van der Waals surface area contributed by atoms with E-state index < -0.39 is 29.3 Å². The number of carbonyl (C=O) groups excluding carboxylic acids is 3. The van der Waals surface area contributed by atoms with Gasteiger partial charge in [0.25, 0.3) is 11.6 Å². The molecule has 0 aromatic heterocycles. The number of nitro benzene ring substituents is 1. The lowest BCUT2D eigenvalue weighted by molar-refractivity contribution is -0.385. The number of nitro groups is 1. The third-order valence-corrected chi connectivity index (χ3v) is 5.20. The van der Waals surface area contributed by atoms with Gasteiger partial charge >= 0.3 is 5.97 Å². The molecule has 3 rings (SSSR count). The van der Waals surface area contributed by atoms with Gasteiger partial charge in [-0.2, -0.15) is 0 Å². The Morgan fingerprint density at radius 2 is 1.84 bits per heavy atom. The molecule has 0 radical (unpaired) electrons. The number of ether oxygens (including phenoxy) is 1. The first-order chi connectivity index (χ1) is 14.7. The molecule has 2 aromatic rings. The molecular weight excluding hydrogens is 402 g/mol. The first-order valence-corrected chi connectivity index (χ1v) is 9.75. The molecular formula is C22H23N3O6. The summed E-state index contributed by atoms with van der Waals surface area (Å²) in [6.45, 7) is 5.04. The van der Waals surface area contributed by atoms with Crippen molar-refractivity contribution in [3.63, 3.8) is 0 Å². The Labute approximate surface area is 179 Å². The zero-order chi connectivity index (χ0) is 22.7. The molecule has 0 saturated carbocycles. The van der Waals surface area contributed by atoms with Gasteiger partial charge in [-0.25, -0.2) is 0 Å². The normalized spacial score (nSPS) is 15.6. The largest absolute Gasteiger partial charge is 0.455 e. The minimum atomic E-state index is -0.667. The highest BCUT2D eigenvalue weighted by Crippen LogP contribution is 2.31. The molecule has 1 aliphatic heterocycles. The molecule has 1 atom stereocenters. The van der Waals surface area contributed by atoms with Gasteiger partial charge in [0.1, 0.15) is 0 Å². The fourth-order valence-electron chi connectivity index (χ4n) is 3.65. The van der Waals surface area contributed by atoms with Crippen molar-refractivity contribution in [3.05, 3.63) is 63.2 Å². The number of amides is 2. The quantitative estimate of drug-likeness (QED) is 0.432. The topological polar surface area (TPSA) is 119 Å². The van der Waals surface area contributed by atoms with Crippen LogP contribution in [-0.2, 0) is 19.1 Å². The standard InChI is InChI=1S/C22H23N3O6/c1-13-7-8-17(10-18(13)25(29)30)23-19(26)12-31-22(28)16-9-20(27)24(11-16)21-14(2)5-4-6-15(21)3/h4-8,10,16H,9,11-12H2,1-3H3,(H,23,26)/t16-/m0/s1. The third kappa shape index (κ3) is 4.88. The van der Waals surface area contributed by atoms with Gasteiger partial charge < -0.3 is 15.0 Å². The van der Waals surface area contributed by atoms with E-state index in [4.69, 9.17) is 4.74 Å². The number of rotatable bonds is 6. The molecule has 1 N–H and O–H groups in total. The smallest absolute Gasteiger partial charge is 0.311 e. The van der Waals surface area contributed by atoms with Crippen molar-refractivity contribution >= 4 is 34.8 Å². The number of hydrogen-bond acceptors (Lipinski definition) is 6. The second-order valence-corrected chi connectivity index (χ2v) is 7.56. The maximum absolute atomic E-state index is 12.5. The Morgan fingerprint density at radius 1 is 1.16 bits per heavy atom. The minimum Gasteiger partial charge on any atom is -0.455 e. The first kappa shape index (κ1) is 21.9. The molecule has 162 valence electrons. The van der Waals surface area contributed by atoms with Crippen LogP contribution in [0, 0.1) is 36.8 Å². The number of esters is 1. The molecule has 0 aliphatic carbocycles. The summed E-state index contributed by atoms with van der Waals surface area (Å²) in [6.07, 6.45) is 0.0123. The lowest BCUT2D eigenvalue weighted by Crippen LogP contribution is -2.29. The fourth-order valence-corrected chi connectivity index (χ4v) is 3.65. The zero-order valence-corrected chi connectivity index (χ0v) is 17.5. The van der Waals surface area contributed by atoms with E-state index in [2.05, 4.69) is 5.32 Å². The molecule has 1 saturated heterocycles. The van der Waals surface area contributed by atoms with Gasteiger partial charge in [0.2, 0.25) is 5.91 Å². The maximum atomic E-state index is 12.5. The van der Waals surface area contributed by atoms with Crippen LogP contribution in [0.25, 0.3) is 0 Å². The van der Waals surface area contributed by atoms with Crippen LogP contribution in [0.5, 0.6) is 0 Å². The number of nitrogens with zero attached hydrogens (tertiary/aromatic N) is 2. The SMILES string of the molecule is Cc1ccc(NC(=O)COC(=O)[C@H]2CC(=O)N(c3c(C)cccc3C)C2)cc1[N+](=O)[O-]. The minimum absolute atomic E-state index is 0.0123. The zero-order valence-electron chi connectivity index (χ0n) is 17.5. The second-order valence-electron chi connectivity index (χ2n) is 7.56. The molecule has 0 unspecified atom stereocenters. The molecule has 9 heteroatoms. The van der Waals surface area contributed by atoms with Gasteiger partial charge in [0.05, 0.1) is 10.8 Å². The van der Waals surface area contributed by atoms with Crippen LogP contribution >= 0.6 is 0 Å². The third-order valence-electron chi connectivity index (χ3n) is 5.20. The molecule has 1 heterocycles. The lowest BCUT2D eigenvalue weighted by atomic mass is 10.1. The van der Waals surface area contributed by atoms with Crippen molar-refractivity contribution in [3.8, 4) is 0 Å². The number of anilines is 2. The van der Waals surface area contributed by atoms with E-state index in [1.807, 2.05) is 32.0 Å². The van der Waals surface area contributed by atoms with Crippen LogP contribution in [0.15, 0.2) is 36.4 Å². The average molecular weight is 425 g/mol. The summed E-state index contributed by atoms with van der Waals surface area (Å²) < 4.78 is 5.09. The Bertz CT molecular complexity index is 1040. The van der Waals surface area contributed by atoms with Gasteiger partial charge in [0, 0.05) is 36.0 Å². The van der Waals surface area contributed by atoms with Crippen molar-refractivity contribution < 1.29 is 24.0 Å². The molecule has 1 aliphatic rings. The molecule has 1 fully saturated rings. The van der Waals surface area contributed by atoms with Gasteiger partial charge in [-0.05, 0) is 38.0 Å². The maximum Gasteiger partial charge on any atom is 0.311 e. The fraction of sp³-hybridized carbons (Fsp3) is 0.318. The summed E-state index contributed by atoms with van der Waals surface area (Å²) in [6, 6.07) is 10.0. The number of aryl methyl sites for hydroxylation is 3. The predicted molar refractivity (Wildman–Crippen MR) is 114 cm³/mol. The molecule has 9 nitrogen and oxygen atoms in total. The Morgan fingerprint density at radius 3 is 2.48 bits per heavy atom. The molecule has 2 aromatic carbocycles. The van der Waals surface area contributed by atoms with Crippen LogP contribution < -0.4 is 10.2 Å². The van der Waals surface area contributed by atoms with Crippen molar-refractivity contribution in [1.29, 1.82) is 0 Å². The number of para-hydroxylation sites is 1. The van der Waals surface area contributed by atoms with Crippen LogP contribution in [0.1, 0.15) is 23.1 Å². The van der Waals surface area contributed by atoms with Gasteiger partial charge in [-0.3, -0.25) is 24.5 Å². The van der Waals surface area contributed by atoms with E-state index in [-0.39, 0.29) is 30.2 Å². The lowest BCUT2D eigenvalue weighted by Gasteiger charge is -2.21. The van der Waals surface area contributed by atoms with Crippen LogP contribution in [0.4, 0.5) is 17.1 Å². The van der Waals surface area contributed by atoms with E-state index in [0.29, 0.717) is 5.56 Å². The van der Waals surface area contributed by atoms with Crippen molar-refractivity contribution in [2.24, 2.45) is 5.92 Å². The summed E-state index contributed by atoms with van der Waals surface area (Å²) >= 11 is 0. The molecule has 0 bridgehead atoms. The average Bonchev–Trinajstić information content (AvgIpc) is 3.09. The summed E-state index contributed by atoms with van der Waals surface area (Å²) in [7, 11) is 0. The van der Waals surface area contributed by atoms with Crippen LogP contribution in [-0.4, -0.2) is 35.9 Å².